The molecule has 0 radical (unpaired) electrons. The van der Waals surface area contributed by atoms with Crippen LogP contribution in [0.2, 0.25) is 0 Å². The number of nitrogens with zero attached hydrogens (tertiary/aromatic N) is 9. The number of benzene rings is 2. The summed E-state index contributed by atoms with van der Waals surface area (Å²) in [4.78, 5) is 60.1. The zero-order chi connectivity index (χ0) is 44.3. The first-order valence-corrected chi connectivity index (χ1v) is 22.4. The summed E-state index contributed by atoms with van der Waals surface area (Å²) >= 11 is 0. The number of H-pyrrole nitrogens is 1. The number of nitrogens with one attached hydrogen (secondary N) is 3. The van der Waals surface area contributed by atoms with Gasteiger partial charge in [0.25, 0.3) is 11.7 Å². The maximum Gasteiger partial charge on any atom is 0.328 e. The summed E-state index contributed by atoms with van der Waals surface area (Å²) in [6.45, 7) is 15.6. The molecule has 2 bridgehead atoms. The van der Waals surface area contributed by atoms with E-state index in [2.05, 4.69) is 82.1 Å². The zero-order valence-electron chi connectivity index (χ0n) is 37.0. The Labute approximate surface area is 371 Å². The number of carbonyl (C=O) groups is 3. The van der Waals surface area contributed by atoms with Crippen LogP contribution in [0.25, 0.3) is 33.5 Å². The van der Waals surface area contributed by atoms with Gasteiger partial charge in [-0.1, -0.05) is 38.1 Å². The number of piperazine rings is 1. The second-order valence-electron chi connectivity index (χ2n) is 18.9. The van der Waals surface area contributed by atoms with E-state index >= 15 is 0 Å². The van der Waals surface area contributed by atoms with Crippen molar-refractivity contribution >= 4 is 45.9 Å². The number of aromatic amines is 1. The van der Waals surface area contributed by atoms with E-state index in [-0.39, 0.29) is 35.1 Å². The van der Waals surface area contributed by atoms with Crippen molar-refractivity contribution in [3.05, 3.63) is 95.9 Å². The summed E-state index contributed by atoms with van der Waals surface area (Å²) in [5.41, 5.74) is 9.03. The van der Waals surface area contributed by atoms with Gasteiger partial charge in [-0.2, -0.15) is 10.1 Å². The number of aromatic nitrogens is 6. The largest absolute Gasteiger partial charge is 0.372 e. The van der Waals surface area contributed by atoms with Gasteiger partial charge in [0.15, 0.2) is 5.65 Å². The molecule has 4 fully saturated rings. The SMILES string of the molecule is Cc1cc(-c2n[nH]c3ncc(-c4ccc(N5CC6CC5CN6CC5CCN(c6ccc(N7CCC(=O)NC7=O)cc6)CC5)cn4)cc23)ccc1[C@@H](C)NC(=O)c1noc(C(C)(C)C)n1. The van der Waals surface area contributed by atoms with Gasteiger partial charge in [-0.25, -0.2) is 9.78 Å². The molecule has 0 spiro atoms. The van der Waals surface area contributed by atoms with Gasteiger partial charge in [0, 0.05) is 97.3 Å². The van der Waals surface area contributed by atoms with Gasteiger partial charge in [-0.05, 0) is 98.7 Å². The molecular weight excluding hydrogens is 809 g/mol. The molecule has 4 aliphatic rings. The molecule has 4 saturated heterocycles. The van der Waals surface area contributed by atoms with Crippen LogP contribution in [0.5, 0.6) is 0 Å². The van der Waals surface area contributed by atoms with Gasteiger partial charge in [0.05, 0.1) is 23.6 Å². The predicted molar refractivity (Wildman–Crippen MR) is 244 cm³/mol. The maximum absolute atomic E-state index is 13.0. The lowest BCUT2D eigenvalue weighted by Crippen LogP contribution is -2.49. The van der Waals surface area contributed by atoms with E-state index in [1.165, 1.54) is 12.1 Å². The van der Waals surface area contributed by atoms with Crippen LogP contribution in [-0.2, 0) is 10.2 Å². The molecule has 3 atom stereocenters. The molecule has 3 N–H and O–H groups in total. The lowest BCUT2D eigenvalue weighted by molar-refractivity contribution is -0.120. The number of urea groups is 1. The molecule has 0 aliphatic carbocycles. The second-order valence-corrected chi connectivity index (χ2v) is 18.9. The summed E-state index contributed by atoms with van der Waals surface area (Å²) < 4.78 is 5.32. The fourth-order valence-electron chi connectivity index (χ4n) is 9.91. The van der Waals surface area contributed by atoms with Crippen LogP contribution >= 0.6 is 0 Å². The topological polar surface area (TPSA) is 182 Å². The average Bonchev–Trinajstić information content (AvgIpc) is 4.12. The molecular formula is C48H54N12O4. The van der Waals surface area contributed by atoms with Gasteiger partial charge >= 0.3 is 6.03 Å². The number of rotatable bonds is 10. The standard InChI is InChI=1S/C48H54N12O4/c1-28-20-31(6-12-38(28)29(2)51-45(62)44-53-46(64-56-44)48(3,4)5)42-39-21-32(23-50-43(39)55-54-42)40-13-11-35(24-49-40)60-27-36-22-37(60)26-58(36)25-30-14-17-57(18-15-30)33-7-9-34(10-8-33)59-19-16-41(61)52-47(59)63/h6-13,20-21,23-24,29-30,36-37H,14-19,22,25-27H2,1-5H3,(H,51,62)(H,50,54,55)(H,52,61,63)/t29-,36?,37?/m1/s1. The summed E-state index contributed by atoms with van der Waals surface area (Å²) in [7, 11) is 0. The highest BCUT2D eigenvalue weighted by Gasteiger charge is 2.44. The van der Waals surface area contributed by atoms with Crippen molar-refractivity contribution < 1.29 is 18.9 Å². The number of aryl methyl sites for hydroxylation is 1. The van der Waals surface area contributed by atoms with E-state index in [9.17, 15) is 14.4 Å². The van der Waals surface area contributed by atoms with Crippen LogP contribution in [0.3, 0.4) is 0 Å². The van der Waals surface area contributed by atoms with Crippen molar-refractivity contribution in [2.24, 2.45) is 5.92 Å². The highest BCUT2D eigenvalue weighted by molar-refractivity contribution is 6.05. The van der Waals surface area contributed by atoms with Crippen molar-refractivity contribution in [3.63, 3.8) is 0 Å². The second kappa shape index (κ2) is 16.5. The minimum Gasteiger partial charge on any atom is -0.372 e. The van der Waals surface area contributed by atoms with E-state index in [1.807, 2.05) is 71.3 Å². The summed E-state index contributed by atoms with van der Waals surface area (Å²) in [5, 5.41) is 18.0. The lowest BCUT2D eigenvalue weighted by Gasteiger charge is -2.39. The number of fused-ring (bicyclic) bond motifs is 3. The smallest absolute Gasteiger partial charge is 0.328 e. The van der Waals surface area contributed by atoms with Gasteiger partial charge in [0.1, 0.15) is 5.69 Å². The Bertz CT molecular complexity index is 2720. The molecule has 6 aromatic rings. The van der Waals surface area contributed by atoms with E-state index < -0.39 is 0 Å². The van der Waals surface area contributed by atoms with Crippen molar-refractivity contribution in [3.8, 4) is 22.5 Å². The third-order valence-electron chi connectivity index (χ3n) is 13.5. The molecule has 4 aliphatic heterocycles. The highest BCUT2D eigenvalue weighted by atomic mass is 16.5. The molecule has 2 aromatic carbocycles. The Balaban J connectivity index is 0.732. The lowest BCUT2D eigenvalue weighted by atomic mass is 9.95. The molecule has 0 saturated carbocycles. The highest BCUT2D eigenvalue weighted by Crippen LogP contribution is 2.37. The minimum atomic E-state index is -0.386. The molecule has 16 heteroatoms. The fraction of sp³-hybridized carbons (Fsp3) is 0.417. The van der Waals surface area contributed by atoms with Crippen molar-refractivity contribution in [2.45, 2.75) is 83.8 Å². The normalized spacial score (nSPS) is 20.0. The molecule has 16 nitrogen and oxygen atoms in total. The number of piperidine rings is 1. The Morgan fingerprint density at radius 1 is 0.906 bits per heavy atom. The average molecular weight is 863 g/mol. The molecule has 330 valence electrons. The van der Waals surface area contributed by atoms with Crippen LogP contribution in [0.4, 0.5) is 21.9 Å². The Morgan fingerprint density at radius 2 is 1.69 bits per heavy atom. The number of imide groups is 1. The van der Waals surface area contributed by atoms with Gasteiger partial charge in [-0.3, -0.25) is 34.8 Å². The monoisotopic (exact) mass is 862 g/mol. The third kappa shape index (κ3) is 8.06. The van der Waals surface area contributed by atoms with E-state index in [4.69, 9.17) is 14.5 Å². The fourth-order valence-corrected chi connectivity index (χ4v) is 9.91. The number of amides is 4. The predicted octanol–water partition coefficient (Wildman–Crippen LogP) is 6.79. The Kier molecular flexibility index (Phi) is 10.6. The van der Waals surface area contributed by atoms with Gasteiger partial charge < -0.3 is 19.6 Å². The van der Waals surface area contributed by atoms with Crippen molar-refractivity contribution in [1.29, 1.82) is 0 Å². The first kappa shape index (κ1) is 41.3. The van der Waals surface area contributed by atoms with Crippen LogP contribution < -0.4 is 25.3 Å². The van der Waals surface area contributed by atoms with Crippen LogP contribution in [0.15, 0.2) is 77.6 Å². The van der Waals surface area contributed by atoms with E-state index in [1.54, 1.807) is 4.90 Å². The van der Waals surface area contributed by atoms with Gasteiger partial charge in [-0.15, -0.1) is 0 Å². The van der Waals surface area contributed by atoms with Crippen LogP contribution in [0, 0.1) is 12.8 Å². The quantitative estimate of drug-likeness (QED) is 0.131. The molecule has 10 rings (SSSR count). The first-order valence-electron chi connectivity index (χ1n) is 22.4. The van der Waals surface area contributed by atoms with Crippen LogP contribution in [-0.4, -0.2) is 104 Å². The molecule has 64 heavy (non-hydrogen) atoms. The van der Waals surface area contributed by atoms with E-state index in [0.717, 1.165) is 96.0 Å². The van der Waals surface area contributed by atoms with E-state index in [0.29, 0.717) is 42.5 Å². The number of likely N-dealkylation sites (tertiary alicyclic amines) is 1. The van der Waals surface area contributed by atoms with Gasteiger partial charge in [0.2, 0.25) is 11.8 Å². The summed E-state index contributed by atoms with van der Waals surface area (Å²) in [6, 6.07) is 21.1. The van der Waals surface area contributed by atoms with Crippen LogP contribution in [0.1, 0.15) is 87.1 Å². The minimum absolute atomic E-state index is 0.0200. The molecule has 8 heterocycles. The number of anilines is 3. The third-order valence-corrected chi connectivity index (χ3v) is 13.5. The summed E-state index contributed by atoms with van der Waals surface area (Å²) in [5.74, 6) is 0.511. The summed E-state index contributed by atoms with van der Waals surface area (Å²) in [6.07, 6.45) is 7.69. The molecule has 4 aromatic heterocycles. The Hall–Kier alpha value is -6.68. The molecule has 2 unspecified atom stereocenters. The maximum atomic E-state index is 13.0. The first-order chi connectivity index (χ1) is 30.8. The number of hydrogen-bond acceptors (Lipinski definition) is 12. The zero-order valence-corrected chi connectivity index (χ0v) is 37.0. The Morgan fingerprint density at radius 3 is 2.38 bits per heavy atom. The number of carbonyl (C=O) groups excluding carboxylic acids is 3. The number of pyridine rings is 2. The van der Waals surface area contributed by atoms with Crippen molar-refractivity contribution in [1.82, 2.24) is 45.8 Å². The molecule has 4 amide bonds. The van der Waals surface area contributed by atoms with Crippen molar-refractivity contribution in [2.75, 3.05) is 54.0 Å². The number of hydrogen-bond donors (Lipinski definition) is 3.